The van der Waals surface area contributed by atoms with E-state index in [0.717, 1.165) is 83.9 Å². The Morgan fingerprint density at radius 1 is 0.895 bits per heavy atom. The van der Waals surface area contributed by atoms with Crippen LogP contribution >= 0.6 is 11.6 Å². The second-order valence-electron chi connectivity index (χ2n) is 15.1. The van der Waals surface area contributed by atoms with Crippen molar-refractivity contribution in [3.63, 3.8) is 0 Å². The van der Waals surface area contributed by atoms with Gasteiger partial charge in [0.1, 0.15) is 17.8 Å². The average molecular weight is 779 g/mol. The third kappa shape index (κ3) is 6.06. The predicted octanol–water partition coefficient (Wildman–Crippen LogP) is 8.91. The monoisotopic (exact) mass is 778 g/mol. The maximum Gasteiger partial charge on any atom is 0.275 e. The van der Waals surface area contributed by atoms with Crippen LogP contribution in [0, 0.1) is 27.7 Å². The molecule has 57 heavy (non-hydrogen) atoms. The normalized spacial score (nSPS) is 15.6. The summed E-state index contributed by atoms with van der Waals surface area (Å²) in [5, 5.41) is 12.2. The Morgan fingerprint density at radius 2 is 1.67 bits per heavy atom. The van der Waals surface area contributed by atoms with Gasteiger partial charge in [-0.2, -0.15) is 9.78 Å². The fraction of sp³-hybridized carbons (Fsp3) is 0.273. The van der Waals surface area contributed by atoms with Gasteiger partial charge in [-0.3, -0.25) is 14.4 Å². The molecule has 5 aromatic heterocycles. The van der Waals surface area contributed by atoms with Gasteiger partial charge < -0.3 is 13.9 Å². The molecule has 0 spiro atoms. The summed E-state index contributed by atoms with van der Waals surface area (Å²) in [6.45, 7) is 10.9. The minimum atomic E-state index is -0.205. The number of carbonyl (C=O) groups is 1. The molecule has 0 bridgehead atoms. The van der Waals surface area contributed by atoms with Crippen LogP contribution in [0.15, 0.2) is 85.6 Å². The number of nitrogens with zero attached hydrogens (tertiary/aromatic N) is 10. The summed E-state index contributed by atoms with van der Waals surface area (Å²) < 4.78 is 14.2. The Morgan fingerprint density at radius 3 is 2.40 bits per heavy atom. The number of ether oxygens (including phenoxy) is 1. The summed E-state index contributed by atoms with van der Waals surface area (Å²) in [6, 6.07) is 20.0. The van der Waals surface area contributed by atoms with Crippen LogP contribution in [-0.2, 0) is 14.1 Å². The Kier molecular flexibility index (Phi) is 8.96. The Labute approximate surface area is 335 Å². The molecule has 2 atom stereocenters. The number of carbonyl (C=O) groups excluding carboxylic acids is 1. The highest BCUT2D eigenvalue weighted by atomic mass is 35.5. The topological polar surface area (TPSA) is 114 Å². The molecule has 288 valence electrons. The van der Waals surface area contributed by atoms with Crippen LogP contribution < -0.4 is 9.64 Å². The SMILES string of the molecule is Cc1cc(OCCCC2C(C)n3c(cc4cccc(-c5c(C)nn(C)c5C)c43)C(=O)N2c2cn(C)c3ccc(-c4ncn(-c5ncccn5)n4)cc23)cc(C)c1Cl. The summed E-state index contributed by atoms with van der Waals surface area (Å²) in [6.07, 6.45) is 8.45. The van der Waals surface area contributed by atoms with Gasteiger partial charge in [-0.15, -0.1) is 5.10 Å². The smallest absolute Gasteiger partial charge is 0.275 e. The van der Waals surface area contributed by atoms with Gasteiger partial charge in [0.05, 0.1) is 35.6 Å². The van der Waals surface area contributed by atoms with Crippen LogP contribution in [0.2, 0.25) is 5.02 Å². The number of benzene rings is 3. The molecular weight excluding hydrogens is 736 g/mol. The molecule has 0 N–H and O–H groups in total. The van der Waals surface area contributed by atoms with Crippen molar-refractivity contribution in [3.8, 4) is 34.2 Å². The van der Waals surface area contributed by atoms with Crippen molar-refractivity contribution in [1.82, 2.24) is 43.6 Å². The van der Waals surface area contributed by atoms with Gasteiger partial charge in [0.15, 0.2) is 5.82 Å². The fourth-order valence-electron chi connectivity index (χ4n) is 8.63. The van der Waals surface area contributed by atoms with E-state index in [1.54, 1.807) is 29.5 Å². The zero-order valence-corrected chi connectivity index (χ0v) is 33.8. The molecule has 6 heterocycles. The lowest BCUT2D eigenvalue weighted by Crippen LogP contribution is -2.50. The van der Waals surface area contributed by atoms with E-state index in [9.17, 15) is 0 Å². The number of hydrogen-bond donors (Lipinski definition) is 0. The number of aromatic nitrogens is 9. The van der Waals surface area contributed by atoms with Gasteiger partial charge in [-0.05, 0) is 101 Å². The van der Waals surface area contributed by atoms with E-state index in [1.165, 1.54) is 0 Å². The summed E-state index contributed by atoms with van der Waals surface area (Å²) in [5.74, 6) is 1.71. The van der Waals surface area contributed by atoms with E-state index in [1.807, 2.05) is 62.6 Å². The Bertz CT molecular complexity index is 2830. The van der Waals surface area contributed by atoms with Crippen LogP contribution in [-0.4, -0.2) is 62.2 Å². The summed E-state index contributed by atoms with van der Waals surface area (Å²) in [7, 11) is 3.99. The Balaban J connectivity index is 1.15. The Hall–Kier alpha value is -6.27. The van der Waals surface area contributed by atoms with Crippen molar-refractivity contribution in [2.24, 2.45) is 14.1 Å². The lowest BCUT2D eigenvalue weighted by molar-refractivity contribution is 0.0931. The highest BCUT2D eigenvalue weighted by molar-refractivity contribution is 6.32. The second-order valence-corrected chi connectivity index (χ2v) is 15.5. The molecule has 0 aliphatic carbocycles. The van der Waals surface area contributed by atoms with Gasteiger partial charge in [0.25, 0.3) is 11.9 Å². The van der Waals surface area contributed by atoms with E-state index in [-0.39, 0.29) is 18.0 Å². The maximum absolute atomic E-state index is 15.3. The van der Waals surface area contributed by atoms with E-state index in [0.29, 0.717) is 30.5 Å². The van der Waals surface area contributed by atoms with Crippen molar-refractivity contribution >= 4 is 45.0 Å². The number of hydrogen-bond acceptors (Lipinski definition) is 7. The predicted molar refractivity (Wildman–Crippen MR) is 223 cm³/mol. The van der Waals surface area contributed by atoms with E-state index in [2.05, 4.69) is 80.5 Å². The largest absolute Gasteiger partial charge is 0.494 e. The first-order valence-corrected chi connectivity index (χ1v) is 19.5. The van der Waals surface area contributed by atoms with Crippen molar-refractivity contribution in [3.05, 3.63) is 119 Å². The number of rotatable bonds is 9. The molecular formula is C44H43ClN10O2. The van der Waals surface area contributed by atoms with Gasteiger partial charge in [0.2, 0.25) is 0 Å². The van der Waals surface area contributed by atoms with Gasteiger partial charge in [0, 0.05) is 76.4 Å². The highest BCUT2D eigenvalue weighted by Crippen LogP contribution is 2.44. The summed E-state index contributed by atoms with van der Waals surface area (Å²) >= 11 is 6.46. The highest BCUT2D eigenvalue weighted by Gasteiger charge is 2.41. The molecule has 2 unspecified atom stereocenters. The molecule has 0 radical (unpaired) electrons. The second kappa shape index (κ2) is 14.0. The third-order valence-electron chi connectivity index (χ3n) is 11.4. The van der Waals surface area contributed by atoms with Gasteiger partial charge >= 0.3 is 0 Å². The molecule has 1 amide bonds. The molecule has 0 saturated heterocycles. The number of amides is 1. The molecule has 13 heteroatoms. The zero-order valence-electron chi connectivity index (χ0n) is 33.0. The molecule has 8 aromatic rings. The van der Waals surface area contributed by atoms with E-state index >= 15 is 4.79 Å². The molecule has 9 rings (SSSR count). The van der Waals surface area contributed by atoms with Crippen molar-refractivity contribution < 1.29 is 9.53 Å². The summed E-state index contributed by atoms with van der Waals surface area (Å²) in [4.78, 5) is 30.5. The molecule has 3 aromatic carbocycles. The van der Waals surface area contributed by atoms with Crippen LogP contribution in [0.3, 0.4) is 0 Å². The van der Waals surface area contributed by atoms with Crippen LogP contribution in [0.5, 0.6) is 5.75 Å². The number of halogens is 1. The first-order valence-electron chi connectivity index (χ1n) is 19.2. The van der Waals surface area contributed by atoms with Crippen molar-refractivity contribution in [2.45, 2.75) is 59.5 Å². The standard InChI is InChI=1S/C44H43ClN10O2/c1-25-19-32(20-26(2)40(25)45)57-18-9-13-35-28(4)54-37(22-30-11-8-12-33(41(30)54)39-27(3)49-52(7)29(39)5)43(56)55(35)38-23-51(6)36-15-14-31(21-34(36)38)42-48-24-53(50-42)44-46-16-10-17-47-44/h8,10-12,14-17,19-24,28,35H,9,13,18H2,1-7H3. The molecule has 1 aliphatic rings. The number of para-hydroxylation sites is 1. The van der Waals surface area contributed by atoms with Gasteiger partial charge in [-0.1, -0.05) is 29.8 Å². The van der Waals surface area contributed by atoms with Crippen LogP contribution in [0.1, 0.15) is 58.8 Å². The minimum Gasteiger partial charge on any atom is -0.494 e. The molecule has 12 nitrogen and oxygen atoms in total. The molecule has 0 fully saturated rings. The number of fused-ring (bicyclic) bond motifs is 4. The lowest BCUT2D eigenvalue weighted by Gasteiger charge is -2.41. The van der Waals surface area contributed by atoms with Crippen LogP contribution in [0.4, 0.5) is 5.69 Å². The van der Waals surface area contributed by atoms with E-state index < -0.39 is 0 Å². The minimum absolute atomic E-state index is 0.0497. The first kappa shape index (κ1) is 36.4. The summed E-state index contributed by atoms with van der Waals surface area (Å²) in [5.41, 5.74) is 10.5. The first-order chi connectivity index (χ1) is 27.5. The third-order valence-corrected chi connectivity index (χ3v) is 12.0. The number of anilines is 1. The quantitative estimate of drug-likeness (QED) is 0.135. The molecule has 1 aliphatic heterocycles. The van der Waals surface area contributed by atoms with Crippen LogP contribution in [0.25, 0.3) is 50.3 Å². The maximum atomic E-state index is 15.3. The number of aryl methyl sites for hydroxylation is 5. The molecule has 0 saturated carbocycles. The fourth-order valence-corrected chi connectivity index (χ4v) is 8.74. The lowest BCUT2D eigenvalue weighted by atomic mass is 9.96. The van der Waals surface area contributed by atoms with Crippen molar-refractivity contribution in [2.75, 3.05) is 11.5 Å². The average Bonchev–Trinajstić information content (AvgIpc) is 3.98. The van der Waals surface area contributed by atoms with E-state index in [4.69, 9.17) is 26.5 Å². The van der Waals surface area contributed by atoms with Gasteiger partial charge in [-0.25, -0.2) is 15.0 Å². The zero-order chi connectivity index (χ0) is 39.7. The van der Waals surface area contributed by atoms with Crippen molar-refractivity contribution in [1.29, 1.82) is 0 Å².